The number of benzene rings is 1. The summed E-state index contributed by atoms with van der Waals surface area (Å²) in [5.41, 5.74) is 0.979. The molecule has 0 spiro atoms. The molecule has 24 heavy (non-hydrogen) atoms. The van der Waals surface area contributed by atoms with Crippen molar-refractivity contribution in [1.82, 2.24) is 10.2 Å². The fourth-order valence-corrected chi connectivity index (χ4v) is 2.86. The Bertz CT molecular complexity index is 664. The standard InChI is InChI=1S/C18H22N4O2/c1-24-15-9-7-14(8-10-15)20-18(23)16-11-12-17(22-21-16)19-13-5-3-2-4-6-13/h7-13H,2-6H2,1H3,(H,19,22)(H,20,23). The molecule has 3 rings (SSSR count). The molecule has 1 aliphatic rings. The average Bonchev–Trinajstić information content (AvgIpc) is 2.64. The summed E-state index contributed by atoms with van der Waals surface area (Å²) in [5, 5.41) is 14.3. The number of hydrogen-bond acceptors (Lipinski definition) is 5. The van der Waals surface area contributed by atoms with Crippen LogP contribution in [0.2, 0.25) is 0 Å². The number of nitrogens with one attached hydrogen (secondary N) is 2. The summed E-state index contributed by atoms with van der Waals surface area (Å²) in [5.74, 6) is 1.19. The summed E-state index contributed by atoms with van der Waals surface area (Å²) in [6.07, 6.45) is 6.16. The molecule has 1 fully saturated rings. The minimum absolute atomic E-state index is 0.281. The van der Waals surface area contributed by atoms with Gasteiger partial charge in [0.2, 0.25) is 0 Å². The van der Waals surface area contributed by atoms with Crippen LogP contribution in [0.3, 0.4) is 0 Å². The maximum atomic E-state index is 12.2. The van der Waals surface area contributed by atoms with Gasteiger partial charge in [-0.2, -0.15) is 0 Å². The molecule has 0 atom stereocenters. The zero-order valence-corrected chi connectivity index (χ0v) is 13.8. The van der Waals surface area contributed by atoms with E-state index in [0.29, 0.717) is 17.4 Å². The molecule has 1 aromatic carbocycles. The molecular formula is C18H22N4O2. The highest BCUT2D eigenvalue weighted by atomic mass is 16.5. The van der Waals surface area contributed by atoms with E-state index in [1.165, 1.54) is 32.1 Å². The number of nitrogens with zero attached hydrogens (tertiary/aromatic N) is 2. The Morgan fingerprint density at radius 1 is 1.04 bits per heavy atom. The van der Waals surface area contributed by atoms with Gasteiger partial charge in [0.25, 0.3) is 5.91 Å². The Labute approximate surface area is 141 Å². The number of carbonyl (C=O) groups excluding carboxylic acids is 1. The topological polar surface area (TPSA) is 76.1 Å². The van der Waals surface area contributed by atoms with Crippen LogP contribution in [-0.2, 0) is 0 Å². The fraction of sp³-hybridized carbons (Fsp3) is 0.389. The van der Waals surface area contributed by atoms with E-state index in [1.54, 1.807) is 37.4 Å². The van der Waals surface area contributed by atoms with E-state index in [9.17, 15) is 4.79 Å². The number of anilines is 2. The Hall–Kier alpha value is -2.63. The summed E-state index contributed by atoms with van der Waals surface area (Å²) >= 11 is 0. The monoisotopic (exact) mass is 326 g/mol. The summed E-state index contributed by atoms with van der Waals surface area (Å²) < 4.78 is 5.09. The molecule has 2 N–H and O–H groups in total. The predicted molar refractivity (Wildman–Crippen MR) is 93.5 cm³/mol. The van der Waals surface area contributed by atoms with Gasteiger partial charge in [-0.3, -0.25) is 4.79 Å². The molecule has 0 aliphatic heterocycles. The minimum atomic E-state index is -0.281. The molecule has 1 aromatic heterocycles. The number of carbonyl (C=O) groups is 1. The molecule has 0 saturated heterocycles. The summed E-state index contributed by atoms with van der Waals surface area (Å²) in [7, 11) is 1.60. The first kappa shape index (κ1) is 16.2. The second-order valence-electron chi connectivity index (χ2n) is 5.97. The lowest BCUT2D eigenvalue weighted by Crippen LogP contribution is -2.23. The zero-order valence-electron chi connectivity index (χ0n) is 13.8. The first-order valence-corrected chi connectivity index (χ1v) is 8.30. The van der Waals surface area contributed by atoms with Gasteiger partial charge >= 0.3 is 0 Å². The molecule has 1 saturated carbocycles. The molecule has 0 bridgehead atoms. The molecular weight excluding hydrogens is 304 g/mol. The zero-order chi connectivity index (χ0) is 16.8. The van der Waals surface area contributed by atoms with E-state index in [0.717, 1.165) is 11.6 Å². The van der Waals surface area contributed by atoms with Gasteiger partial charge in [-0.1, -0.05) is 19.3 Å². The third kappa shape index (κ3) is 4.22. The smallest absolute Gasteiger partial charge is 0.276 e. The van der Waals surface area contributed by atoms with Gasteiger partial charge in [0.05, 0.1) is 7.11 Å². The first-order chi connectivity index (χ1) is 11.7. The molecule has 1 amide bonds. The maximum absolute atomic E-state index is 12.2. The van der Waals surface area contributed by atoms with E-state index in [2.05, 4.69) is 20.8 Å². The summed E-state index contributed by atoms with van der Waals surface area (Å²) in [4.78, 5) is 12.2. The van der Waals surface area contributed by atoms with Crippen molar-refractivity contribution in [3.63, 3.8) is 0 Å². The third-order valence-corrected chi connectivity index (χ3v) is 4.20. The Morgan fingerprint density at radius 3 is 2.42 bits per heavy atom. The molecule has 0 unspecified atom stereocenters. The SMILES string of the molecule is COc1ccc(NC(=O)c2ccc(NC3CCCCC3)nn2)cc1. The van der Waals surface area contributed by atoms with Crippen molar-refractivity contribution in [1.29, 1.82) is 0 Å². The van der Waals surface area contributed by atoms with Crippen molar-refractivity contribution in [2.75, 3.05) is 17.7 Å². The quantitative estimate of drug-likeness (QED) is 0.879. The molecule has 126 valence electrons. The van der Waals surface area contributed by atoms with Crippen molar-refractivity contribution in [2.24, 2.45) is 0 Å². The van der Waals surface area contributed by atoms with E-state index in [4.69, 9.17) is 4.74 Å². The lowest BCUT2D eigenvalue weighted by molar-refractivity contribution is 0.102. The van der Waals surface area contributed by atoms with Gasteiger partial charge in [-0.05, 0) is 49.2 Å². The number of amides is 1. The lowest BCUT2D eigenvalue weighted by atomic mass is 9.95. The fourth-order valence-electron chi connectivity index (χ4n) is 2.86. The summed E-state index contributed by atoms with van der Waals surface area (Å²) in [6, 6.07) is 11.1. The predicted octanol–water partition coefficient (Wildman–Crippen LogP) is 3.48. The van der Waals surface area contributed by atoms with Crippen molar-refractivity contribution >= 4 is 17.4 Å². The van der Waals surface area contributed by atoms with Gasteiger partial charge in [0, 0.05) is 11.7 Å². The number of aromatic nitrogens is 2. The van der Waals surface area contributed by atoms with Crippen molar-refractivity contribution in [3.05, 3.63) is 42.1 Å². The largest absolute Gasteiger partial charge is 0.497 e. The minimum Gasteiger partial charge on any atom is -0.497 e. The maximum Gasteiger partial charge on any atom is 0.276 e. The number of rotatable bonds is 5. The second-order valence-corrected chi connectivity index (χ2v) is 5.97. The number of ether oxygens (including phenoxy) is 1. The summed E-state index contributed by atoms with van der Waals surface area (Å²) in [6.45, 7) is 0. The van der Waals surface area contributed by atoms with Crippen molar-refractivity contribution in [2.45, 2.75) is 38.1 Å². The van der Waals surface area contributed by atoms with Crippen LogP contribution in [0.25, 0.3) is 0 Å². The Balaban J connectivity index is 1.58. The van der Waals surface area contributed by atoms with Crippen molar-refractivity contribution < 1.29 is 9.53 Å². The van der Waals surface area contributed by atoms with E-state index >= 15 is 0 Å². The molecule has 2 aromatic rings. The highest BCUT2D eigenvalue weighted by Crippen LogP contribution is 2.20. The van der Waals surface area contributed by atoms with Gasteiger partial charge in [-0.15, -0.1) is 10.2 Å². The van der Waals surface area contributed by atoms with Crippen LogP contribution in [0.4, 0.5) is 11.5 Å². The van der Waals surface area contributed by atoms with E-state index < -0.39 is 0 Å². The van der Waals surface area contributed by atoms with Crippen molar-refractivity contribution in [3.8, 4) is 5.75 Å². The highest BCUT2D eigenvalue weighted by molar-refractivity contribution is 6.02. The molecule has 1 aliphatic carbocycles. The van der Waals surface area contributed by atoms with Gasteiger partial charge < -0.3 is 15.4 Å². The van der Waals surface area contributed by atoms with Crippen LogP contribution in [0.5, 0.6) is 5.75 Å². The van der Waals surface area contributed by atoms with Crippen LogP contribution in [0.1, 0.15) is 42.6 Å². The van der Waals surface area contributed by atoms with Crippen LogP contribution >= 0.6 is 0 Å². The Kier molecular flexibility index (Phi) is 5.25. The average molecular weight is 326 g/mol. The van der Waals surface area contributed by atoms with E-state index in [1.807, 2.05) is 6.07 Å². The lowest BCUT2D eigenvalue weighted by Gasteiger charge is -2.22. The van der Waals surface area contributed by atoms with Crippen LogP contribution in [-0.4, -0.2) is 29.3 Å². The van der Waals surface area contributed by atoms with Gasteiger partial charge in [0.15, 0.2) is 5.69 Å². The molecule has 0 radical (unpaired) electrons. The van der Waals surface area contributed by atoms with E-state index in [-0.39, 0.29) is 5.91 Å². The number of methoxy groups -OCH3 is 1. The third-order valence-electron chi connectivity index (χ3n) is 4.20. The normalized spacial score (nSPS) is 14.9. The molecule has 6 heteroatoms. The van der Waals surface area contributed by atoms with Gasteiger partial charge in [-0.25, -0.2) is 0 Å². The number of hydrogen-bond donors (Lipinski definition) is 2. The molecule has 6 nitrogen and oxygen atoms in total. The first-order valence-electron chi connectivity index (χ1n) is 8.30. The Morgan fingerprint density at radius 2 is 1.79 bits per heavy atom. The van der Waals surface area contributed by atoms with Gasteiger partial charge in [0.1, 0.15) is 11.6 Å². The van der Waals surface area contributed by atoms with Crippen LogP contribution in [0.15, 0.2) is 36.4 Å². The van der Waals surface area contributed by atoms with Crippen LogP contribution in [0, 0.1) is 0 Å². The highest BCUT2D eigenvalue weighted by Gasteiger charge is 2.14. The molecule has 1 heterocycles. The van der Waals surface area contributed by atoms with Crippen LogP contribution < -0.4 is 15.4 Å². The second kappa shape index (κ2) is 7.77.